The molecule has 0 radical (unpaired) electrons. The van der Waals surface area contributed by atoms with Gasteiger partial charge in [-0.15, -0.1) is 0 Å². The second-order valence-electron chi connectivity index (χ2n) is 4.35. The minimum Gasteiger partial charge on any atom is -0.399 e. The first kappa shape index (κ1) is 11.4. The molecule has 0 saturated heterocycles. The number of hydrogen-bond donors (Lipinski definition) is 1. The van der Waals surface area contributed by atoms with Crippen LogP contribution in [0.5, 0.6) is 0 Å². The van der Waals surface area contributed by atoms with E-state index >= 15 is 0 Å². The van der Waals surface area contributed by atoms with Crippen molar-refractivity contribution in [1.82, 2.24) is 4.57 Å². The third-order valence-corrected chi connectivity index (χ3v) is 3.34. The zero-order chi connectivity index (χ0) is 11.7. The van der Waals surface area contributed by atoms with Crippen molar-refractivity contribution in [3.8, 4) is 0 Å². The topological polar surface area (TPSA) is 30.9 Å². The van der Waals surface area contributed by atoms with Crippen LogP contribution in [0.4, 0.5) is 5.69 Å². The molecule has 2 nitrogen and oxygen atoms in total. The second kappa shape index (κ2) is 4.42. The third kappa shape index (κ3) is 1.92. The molecule has 0 unspecified atom stereocenters. The van der Waals surface area contributed by atoms with Gasteiger partial charge in [0.15, 0.2) is 0 Å². The number of benzene rings is 1. The molecule has 0 amide bonds. The Morgan fingerprint density at radius 3 is 2.69 bits per heavy atom. The standard InChI is InChI=1S/C13H18N2S/c1-9(2)15-12(8-16-3)6-10-4-5-11(14)7-13(10)15/h4-7,9H,8,14H2,1-3H3. The fourth-order valence-corrected chi connectivity index (χ4v) is 2.68. The van der Waals surface area contributed by atoms with Gasteiger partial charge in [0.2, 0.25) is 0 Å². The highest BCUT2D eigenvalue weighted by Crippen LogP contribution is 2.27. The maximum absolute atomic E-state index is 5.86. The summed E-state index contributed by atoms with van der Waals surface area (Å²) in [5.41, 5.74) is 9.32. The highest BCUT2D eigenvalue weighted by molar-refractivity contribution is 7.97. The van der Waals surface area contributed by atoms with Gasteiger partial charge in [-0.2, -0.15) is 11.8 Å². The minimum atomic E-state index is 0.474. The summed E-state index contributed by atoms with van der Waals surface area (Å²) in [5.74, 6) is 1.05. The Morgan fingerprint density at radius 1 is 1.31 bits per heavy atom. The maximum atomic E-state index is 5.86. The molecule has 3 heteroatoms. The van der Waals surface area contributed by atoms with E-state index in [9.17, 15) is 0 Å². The first-order valence-corrected chi connectivity index (χ1v) is 6.91. The lowest BCUT2D eigenvalue weighted by Crippen LogP contribution is -2.04. The van der Waals surface area contributed by atoms with Crippen molar-refractivity contribution in [3.05, 3.63) is 30.0 Å². The van der Waals surface area contributed by atoms with Gasteiger partial charge in [0.25, 0.3) is 0 Å². The van der Waals surface area contributed by atoms with Gasteiger partial charge in [0.1, 0.15) is 0 Å². The van der Waals surface area contributed by atoms with E-state index in [1.807, 2.05) is 17.8 Å². The van der Waals surface area contributed by atoms with Crippen LogP contribution in [0.2, 0.25) is 0 Å². The molecule has 1 heterocycles. The molecule has 0 spiro atoms. The Bertz CT molecular complexity index is 500. The summed E-state index contributed by atoms with van der Waals surface area (Å²) in [4.78, 5) is 0. The number of rotatable bonds is 3. The van der Waals surface area contributed by atoms with Gasteiger partial charge < -0.3 is 10.3 Å². The monoisotopic (exact) mass is 234 g/mol. The highest BCUT2D eigenvalue weighted by Gasteiger charge is 2.10. The lowest BCUT2D eigenvalue weighted by atomic mass is 10.2. The van der Waals surface area contributed by atoms with Gasteiger partial charge in [-0.3, -0.25) is 0 Å². The molecule has 1 aromatic heterocycles. The van der Waals surface area contributed by atoms with Crippen LogP contribution < -0.4 is 5.73 Å². The Kier molecular flexibility index (Phi) is 3.15. The van der Waals surface area contributed by atoms with Crippen molar-refractivity contribution in [3.63, 3.8) is 0 Å². The van der Waals surface area contributed by atoms with E-state index in [1.54, 1.807) is 0 Å². The second-order valence-corrected chi connectivity index (χ2v) is 5.22. The number of hydrogen-bond acceptors (Lipinski definition) is 2. The summed E-state index contributed by atoms with van der Waals surface area (Å²) in [7, 11) is 0. The van der Waals surface area contributed by atoms with E-state index < -0.39 is 0 Å². The summed E-state index contributed by atoms with van der Waals surface area (Å²) < 4.78 is 2.38. The number of nitrogens with zero attached hydrogens (tertiary/aromatic N) is 1. The van der Waals surface area contributed by atoms with Gasteiger partial charge in [-0.1, -0.05) is 6.07 Å². The Morgan fingerprint density at radius 2 is 2.06 bits per heavy atom. The van der Waals surface area contributed by atoms with Crippen LogP contribution in [0.15, 0.2) is 24.3 Å². The number of fused-ring (bicyclic) bond motifs is 1. The molecule has 0 saturated carbocycles. The van der Waals surface area contributed by atoms with E-state index in [0.29, 0.717) is 6.04 Å². The van der Waals surface area contributed by atoms with E-state index in [4.69, 9.17) is 5.73 Å². The zero-order valence-corrected chi connectivity index (χ0v) is 10.8. The molecule has 2 rings (SSSR count). The Hall–Kier alpha value is -1.09. The van der Waals surface area contributed by atoms with Crippen LogP contribution in [-0.4, -0.2) is 10.8 Å². The fourth-order valence-electron chi connectivity index (χ4n) is 2.16. The predicted molar refractivity (Wildman–Crippen MR) is 74.0 cm³/mol. The lowest BCUT2D eigenvalue weighted by Gasteiger charge is -2.14. The van der Waals surface area contributed by atoms with Crippen molar-refractivity contribution in [1.29, 1.82) is 0 Å². The predicted octanol–water partition coefficient (Wildman–Crippen LogP) is 3.67. The number of aromatic nitrogens is 1. The molecule has 0 bridgehead atoms. The largest absolute Gasteiger partial charge is 0.399 e. The summed E-state index contributed by atoms with van der Waals surface area (Å²) in [6.07, 6.45) is 2.14. The summed E-state index contributed by atoms with van der Waals surface area (Å²) in [6.45, 7) is 4.43. The first-order chi connectivity index (χ1) is 7.63. The number of anilines is 1. The molecule has 0 atom stereocenters. The molecule has 0 aliphatic heterocycles. The average molecular weight is 234 g/mol. The van der Waals surface area contributed by atoms with Crippen molar-refractivity contribution < 1.29 is 0 Å². The molecule has 16 heavy (non-hydrogen) atoms. The molecule has 0 aliphatic rings. The quantitative estimate of drug-likeness (QED) is 0.821. The summed E-state index contributed by atoms with van der Waals surface area (Å²) in [5, 5.41) is 1.28. The number of nitrogens with two attached hydrogens (primary N) is 1. The molecule has 2 aromatic rings. The first-order valence-electron chi connectivity index (χ1n) is 5.51. The van der Waals surface area contributed by atoms with Crippen LogP contribution >= 0.6 is 11.8 Å². The van der Waals surface area contributed by atoms with Crippen LogP contribution in [-0.2, 0) is 5.75 Å². The van der Waals surface area contributed by atoms with Gasteiger partial charge in [-0.25, -0.2) is 0 Å². The number of thioether (sulfide) groups is 1. The SMILES string of the molecule is CSCc1cc2ccc(N)cc2n1C(C)C. The van der Waals surface area contributed by atoms with Crippen molar-refractivity contribution in [2.24, 2.45) is 0 Å². The van der Waals surface area contributed by atoms with Crippen molar-refractivity contribution in [2.75, 3.05) is 12.0 Å². The maximum Gasteiger partial charge on any atom is 0.0505 e. The van der Waals surface area contributed by atoms with Gasteiger partial charge in [-0.05, 0) is 38.3 Å². The fraction of sp³-hybridized carbons (Fsp3) is 0.385. The van der Waals surface area contributed by atoms with Gasteiger partial charge in [0, 0.05) is 28.6 Å². The summed E-state index contributed by atoms with van der Waals surface area (Å²) in [6, 6.07) is 8.88. The summed E-state index contributed by atoms with van der Waals surface area (Å²) >= 11 is 1.85. The van der Waals surface area contributed by atoms with Crippen LogP contribution in [0.3, 0.4) is 0 Å². The van der Waals surface area contributed by atoms with E-state index in [1.165, 1.54) is 16.6 Å². The van der Waals surface area contributed by atoms with Gasteiger partial charge in [0.05, 0.1) is 5.52 Å². The normalized spacial score (nSPS) is 11.5. The molecule has 2 N–H and O–H groups in total. The molecule has 86 valence electrons. The zero-order valence-electron chi connectivity index (χ0n) is 10.0. The molecular weight excluding hydrogens is 216 g/mol. The van der Waals surface area contributed by atoms with Gasteiger partial charge >= 0.3 is 0 Å². The Balaban J connectivity index is 2.67. The van der Waals surface area contributed by atoms with Crippen molar-refractivity contribution >= 4 is 28.4 Å². The van der Waals surface area contributed by atoms with Crippen molar-refractivity contribution in [2.45, 2.75) is 25.6 Å². The van der Waals surface area contributed by atoms with E-state index in [-0.39, 0.29) is 0 Å². The molecular formula is C13H18N2S. The molecule has 0 fully saturated rings. The van der Waals surface area contributed by atoms with Crippen LogP contribution in [0.1, 0.15) is 25.6 Å². The number of nitrogen functional groups attached to an aromatic ring is 1. The minimum absolute atomic E-state index is 0.474. The van der Waals surface area contributed by atoms with E-state index in [0.717, 1.165) is 11.4 Å². The van der Waals surface area contributed by atoms with Crippen LogP contribution in [0.25, 0.3) is 10.9 Å². The smallest absolute Gasteiger partial charge is 0.0505 e. The third-order valence-electron chi connectivity index (χ3n) is 2.75. The molecule has 0 aliphatic carbocycles. The Labute approximate surface area is 101 Å². The lowest BCUT2D eigenvalue weighted by molar-refractivity contribution is 0.606. The molecule has 1 aromatic carbocycles. The van der Waals surface area contributed by atoms with E-state index in [2.05, 4.69) is 42.9 Å². The average Bonchev–Trinajstić information content (AvgIpc) is 2.55. The highest BCUT2D eigenvalue weighted by atomic mass is 32.2. The van der Waals surface area contributed by atoms with Crippen LogP contribution in [0, 0.1) is 0 Å².